The van der Waals surface area contributed by atoms with Gasteiger partial charge in [-0.3, -0.25) is 0 Å². The Morgan fingerprint density at radius 3 is 2.74 bits per heavy atom. The summed E-state index contributed by atoms with van der Waals surface area (Å²) in [6, 6.07) is 10.6. The monoisotopic (exact) mass is 385 g/mol. The maximum atomic E-state index is 12.7. The number of sulfonamides is 1. The van der Waals surface area contributed by atoms with Gasteiger partial charge in [0.2, 0.25) is 5.89 Å². The number of anilines is 1. The lowest BCUT2D eigenvalue weighted by Crippen LogP contribution is -2.13. The Morgan fingerprint density at radius 2 is 1.96 bits per heavy atom. The molecule has 0 aliphatic rings. The normalized spacial score (nSPS) is 11.7. The van der Waals surface area contributed by atoms with Crippen LogP contribution in [-0.2, 0) is 16.4 Å². The number of rotatable bonds is 6. The molecule has 0 fully saturated rings. The van der Waals surface area contributed by atoms with Gasteiger partial charge >= 0.3 is 6.01 Å². The molecule has 0 amide bonds. The predicted octanol–water partition coefficient (Wildman–Crippen LogP) is 3.03. The molecule has 4 rings (SSSR count). The Labute approximate surface area is 154 Å². The van der Waals surface area contributed by atoms with E-state index in [1.807, 2.05) is 37.3 Å². The van der Waals surface area contributed by atoms with Crippen LogP contribution < -0.4 is 4.72 Å². The van der Waals surface area contributed by atoms with E-state index in [9.17, 15) is 8.42 Å². The molecule has 0 aliphatic carbocycles. The van der Waals surface area contributed by atoms with E-state index in [0.717, 1.165) is 12.0 Å². The van der Waals surface area contributed by atoms with Crippen molar-refractivity contribution in [3.05, 3.63) is 48.5 Å². The summed E-state index contributed by atoms with van der Waals surface area (Å²) in [5, 5.41) is 12.0. The second-order valence-corrected chi connectivity index (χ2v) is 7.46. The Kier molecular flexibility index (Phi) is 4.32. The first-order valence-corrected chi connectivity index (χ1v) is 9.71. The van der Waals surface area contributed by atoms with Crippen molar-refractivity contribution in [2.24, 2.45) is 0 Å². The van der Waals surface area contributed by atoms with E-state index in [-0.39, 0.29) is 16.6 Å². The minimum absolute atomic E-state index is 0.0642. The minimum atomic E-state index is -3.96. The molecule has 0 saturated carbocycles. The van der Waals surface area contributed by atoms with Crippen LogP contribution in [0.15, 0.2) is 56.4 Å². The minimum Gasteiger partial charge on any atom is -0.407 e. The summed E-state index contributed by atoms with van der Waals surface area (Å²) >= 11 is 0. The van der Waals surface area contributed by atoms with Gasteiger partial charge in [-0.25, -0.2) is 18.1 Å². The SMILES string of the molecule is CCCc1nnc(NS(=O)(=O)c2cnc3onc(-c4ccccc4)c3c2)o1. The first-order valence-electron chi connectivity index (χ1n) is 8.23. The maximum Gasteiger partial charge on any atom is 0.329 e. The quantitative estimate of drug-likeness (QED) is 0.537. The zero-order valence-corrected chi connectivity index (χ0v) is 15.1. The van der Waals surface area contributed by atoms with E-state index in [1.54, 1.807) is 0 Å². The third-order valence-corrected chi connectivity index (χ3v) is 5.10. The summed E-state index contributed by atoms with van der Waals surface area (Å²) in [5.41, 5.74) is 1.55. The molecule has 9 nitrogen and oxygen atoms in total. The molecule has 0 atom stereocenters. The Balaban J connectivity index is 1.70. The molecule has 1 N–H and O–H groups in total. The number of aromatic nitrogens is 4. The van der Waals surface area contributed by atoms with Gasteiger partial charge in [-0.2, -0.15) is 0 Å². The molecular formula is C17H15N5O4S. The highest BCUT2D eigenvalue weighted by Gasteiger charge is 2.21. The summed E-state index contributed by atoms with van der Waals surface area (Å²) in [5.74, 6) is 0.370. The number of pyridine rings is 1. The summed E-state index contributed by atoms with van der Waals surface area (Å²) < 4.78 is 38.1. The summed E-state index contributed by atoms with van der Waals surface area (Å²) in [6.45, 7) is 1.96. The van der Waals surface area contributed by atoms with Crippen molar-refractivity contribution in [2.45, 2.75) is 24.7 Å². The van der Waals surface area contributed by atoms with Crippen LogP contribution in [0.25, 0.3) is 22.4 Å². The molecule has 0 saturated heterocycles. The van der Waals surface area contributed by atoms with Crippen LogP contribution in [-0.4, -0.2) is 28.8 Å². The molecule has 3 aromatic heterocycles. The van der Waals surface area contributed by atoms with Crippen LogP contribution in [0.5, 0.6) is 0 Å². The van der Waals surface area contributed by atoms with Gasteiger partial charge in [0.1, 0.15) is 10.6 Å². The molecule has 1 aromatic carbocycles. The van der Waals surface area contributed by atoms with Gasteiger partial charge in [-0.15, -0.1) is 5.10 Å². The van der Waals surface area contributed by atoms with Gasteiger partial charge in [-0.05, 0) is 12.5 Å². The molecule has 27 heavy (non-hydrogen) atoms. The van der Waals surface area contributed by atoms with Crippen molar-refractivity contribution in [3.63, 3.8) is 0 Å². The number of fused-ring (bicyclic) bond motifs is 1. The summed E-state index contributed by atoms with van der Waals surface area (Å²) in [7, 11) is -3.96. The van der Waals surface area contributed by atoms with Crippen LogP contribution in [0, 0.1) is 0 Å². The number of hydrogen-bond donors (Lipinski definition) is 1. The van der Waals surface area contributed by atoms with E-state index in [0.29, 0.717) is 23.4 Å². The number of benzene rings is 1. The van der Waals surface area contributed by atoms with Gasteiger partial charge < -0.3 is 8.94 Å². The van der Waals surface area contributed by atoms with Gasteiger partial charge in [0.25, 0.3) is 15.7 Å². The maximum absolute atomic E-state index is 12.7. The van der Waals surface area contributed by atoms with Crippen LogP contribution in [0.1, 0.15) is 19.2 Å². The zero-order valence-electron chi connectivity index (χ0n) is 14.3. The first kappa shape index (κ1) is 17.2. The molecular weight excluding hydrogens is 370 g/mol. The predicted molar refractivity (Wildman–Crippen MR) is 96.3 cm³/mol. The smallest absolute Gasteiger partial charge is 0.329 e. The average molecular weight is 385 g/mol. The summed E-state index contributed by atoms with van der Waals surface area (Å²) in [6.07, 6.45) is 2.57. The van der Waals surface area contributed by atoms with Gasteiger partial charge in [0.15, 0.2) is 0 Å². The standard InChI is InChI=1S/C17H15N5O4S/c1-2-6-14-19-20-17(25-14)22-27(23,24)12-9-13-15(11-7-4-3-5-8-11)21-26-16(13)18-10-12/h3-5,7-10H,2,6H2,1H3,(H,20,22). The zero-order chi connectivity index (χ0) is 18.9. The lowest BCUT2D eigenvalue weighted by Gasteiger charge is -2.03. The van der Waals surface area contributed by atoms with Crippen molar-refractivity contribution in [1.29, 1.82) is 0 Å². The second kappa shape index (κ2) is 6.80. The molecule has 4 aromatic rings. The number of aryl methyl sites for hydroxylation is 1. The Hall–Kier alpha value is -3.27. The van der Waals surface area contributed by atoms with Crippen LogP contribution >= 0.6 is 0 Å². The third kappa shape index (κ3) is 3.38. The van der Waals surface area contributed by atoms with E-state index in [2.05, 4.69) is 25.1 Å². The van der Waals surface area contributed by atoms with Crippen molar-refractivity contribution >= 4 is 27.1 Å². The van der Waals surface area contributed by atoms with Crippen LogP contribution in [0.2, 0.25) is 0 Å². The highest BCUT2D eigenvalue weighted by Crippen LogP contribution is 2.28. The van der Waals surface area contributed by atoms with Crippen molar-refractivity contribution in [3.8, 4) is 11.3 Å². The van der Waals surface area contributed by atoms with E-state index in [1.165, 1.54) is 12.3 Å². The van der Waals surface area contributed by atoms with Crippen molar-refractivity contribution in [1.82, 2.24) is 20.3 Å². The molecule has 0 radical (unpaired) electrons. The van der Waals surface area contributed by atoms with Crippen molar-refractivity contribution in [2.75, 3.05) is 4.72 Å². The van der Waals surface area contributed by atoms with Crippen LogP contribution in [0.3, 0.4) is 0 Å². The number of nitrogens with zero attached hydrogens (tertiary/aromatic N) is 4. The average Bonchev–Trinajstić information content (AvgIpc) is 3.28. The van der Waals surface area contributed by atoms with Gasteiger partial charge in [0, 0.05) is 12.0 Å². The molecule has 0 unspecified atom stereocenters. The first-order chi connectivity index (χ1) is 13.1. The molecule has 0 spiro atoms. The second-order valence-electron chi connectivity index (χ2n) is 5.78. The number of hydrogen-bond acceptors (Lipinski definition) is 8. The van der Waals surface area contributed by atoms with Crippen molar-refractivity contribution < 1.29 is 17.4 Å². The Bertz CT molecular complexity index is 1180. The lowest BCUT2D eigenvalue weighted by molar-refractivity contribution is 0.451. The van der Waals surface area contributed by atoms with E-state index in [4.69, 9.17) is 8.94 Å². The fourth-order valence-electron chi connectivity index (χ4n) is 2.55. The fourth-order valence-corrected chi connectivity index (χ4v) is 3.44. The highest BCUT2D eigenvalue weighted by molar-refractivity contribution is 7.92. The Morgan fingerprint density at radius 1 is 1.15 bits per heavy atom. The topological polar surface area (TPSA) is 124 Å². The highest BCUT2D eigenvalue weighted by atomic mass is 32.2. The third-order valence-electron chi connectivity index (χ3n) is 3.81. The molecule has 0 aliphatic heterocycles. The number of nitrogens with one attached hydrogen (secondary N) is 1. The van der Waals surface area contributed by atoms with Gasteiger partial charge in [-0.1, -0.05) is 47.5 Å². The summed E-state index contributed by atoms with van der Waals surface area (Å²) in [4.78, 5) is 3.99. The largest absolute Gasteiger partial charge is 0.407 e. The van der Waals surface area contributed by atoms with E-state index < -0.39 is 10.0 Å². The lowest BCUT2D eigenvalue weighted by atomic mass is 10.1. The molecule has 10 heteroatoms. The van der Waals surface area contributed by atoms with Gasteiger partial charge in [0.05, 0.1) is 11.6 Å². The molecule has 3 heterocycles. The van der Waals surface area contributed by atoms with Crippen LogP contribution in [0.4, 0.5) is 6.01 Å². The molecule has 138 valence electrons. The molecule has 0 bridgehead atoms. The fraction of sp³-hybridized carbons (Fsp3) is 0.176. The van der Waals surface area contributed by atoms with E-state index >= 15 is 0 Å².